The topological polar surface area (TPSA) is 25.8 Å². The quantitative estimate of drug-likeness (QED) is 0.140. The van der Waals surface area contributed by atoms with Gasteiger partial charge in [-0.15, -0.1) is 0 Å². The molecule has 0 saturated carbocycles. The van der Waals surface area contributed by atoms with E-state index >= 15 is 0 Å². The van der Waals surface area contributed by atoms with Crippen LogP contribution in [0.4, 0.5) is 0 Å². The fourth-order valence-electron chi connectivity index (χ4n) is 5.21. The van der Waals surface area contributed by atoms with Gasteiger partial charge in [-0.25, -0.2) is 9.97 Å². The van der Waals surface area contributed by atoms with Gasteiger partial charge in [0, 0.05) is 18.0 Å². The average molecular weight is 507 g/mol. The first kappa shape index (κ1) is 31.5. The van der Waals surface area contributed by atoms with Gasteiger partial charge in [0.1, 0.15) is 0 Å². The van der Waals surface area contributed by atoms with Crippen molar-refractivity contribution in [2.45, 2.75) is 156 Å². The van der Waals surface area contributed by atoms with E-state index in [0.29, 0.717) is 0 Å². The Labute approximate surface area is 230 Å². The van der Waals surface area contributed by atoms with Crippen molar-refractivity contribution < 1.29 is 0 Å². The van der Waals surface area contributed by atoms with Gasteiger partial charge in [0.05, 0.1) is 0 Å². The summed E-state index contributed by atoms with van der Waals surface area (Å²) in [6.07, 6.45) is 32.8. The first-order chi connectivity index (χ1) is 18.2. The van der Waals surface area contributed by atoms with Crippen LogP contribution < -0.4 is 0 Å². The van der Waals surface area contributed by atoms with E-state index in [4.69, 9.17) is 0 Å². The van der Waals surface area contributed by atoms with Crippen molar-refractivity contribution in [2.75, 3.05) is 0 Å². The summed E-state index contributed by atoms with van der Waals surface area (Å²) in [6, 6.07) is 8.94. The van der Waals surface area contributed by atoms with Crippen LogP contribution in [0.1, 0.15) is 154 Å². The summed E-state index contributed by atoms with van der Waals surface area (Å²) in [5.41, 5.74) is 3.84. The lowest BCUT2D eigenvalue weighted by atomic mass is 10.0. The zero-order valence-corrected chi connectivity index (χ0v) is 24.8. The van der Waals surface area contributed by atoms with Crippen molar-refractivity contribution in [1.29, 1.82) is 0 Å². The van der Waals surface area contributed by atoms with Crippen LogP contribution in [-0.2, 0) is 12.8 Å². The monoisotopic (exact) mass is 506 g/mol. The van der Waals surface area contributed by atoms with Crippen LogP contribution >= 0.6 is 0 Å². The zero-order valence-electron chi connectivity index (χ0n) is 24.8. The summed E-state index contributed by atoms with van der Waals surface area (Å²) in [7, 11) is 0. The van der Waals surface area contributed by atoms with Crippen LogP contribution in [0, 0.1) is 5.92 Å². The van der Waals surface area contributed by atoms with Crippen LogP contribution in [0.5, 0.6) is 0 Å². The molecule has 0 amide bonds. The standard InChI is InChI=1S/C35H58N2/c1-4-5-6-7-8-9-10-11-12-13-17-20-23-32-25-27-34(28-26-32)35-36-29-33(30-37-35)24-21-18-15-14-16-19-22-31(2)3/h25-31H,4-24H2,1-3H3. The first-order valence-corrected chi connectivity index (χ1v) is 16.1. The van der Waals surface area contributed by atoms with E-state index in [0.717, 1.165) is 23.7 Å². The highest BCUT2D eigenvalue weighted by Crippen LogP contribution is 2.19. The lowest BCUT2D eigenvalue weighted by Crippen LogP contribution is -1.94. The van der Waals surface area contributed by atoms with Gasteiger partial charge in [-0.2, -0.15) is 0 Å². The smallest absolute Gasteiger partial charge is 0.159 e. The van der Waals surface area contributed by atoms with Crippen LogP contribution in [-0.4, -0.2) is 9.97 Å². The fraction of sp³-hybridized carbons (Fsp3) is 0.714. The van der Waals surface area contributed by atoms with E-state index in [-0.39, 0.29) is 0 Å². The molecule has 0 radical (unpaired) electrons. The zero-order chi connectivity index (χ0) is 26.4. The molecule has 0 saturated heterocycles. The summed E-state index contributed by atoms with van der Waals surface area (Å²) in [6.45, 7) is 6.94. The third kappa shape index (κ3) is 16.0. The number of hydrogen-bond acceptors (Lipinski definition) is 2. The van der Waals surface area contributed by atoms with Crippen LogP contribution in [0.15, 0.2) is 36.7 Å². The van der Waals surface area contributed by atoms with Crippen molar-refractivity contribution in [1.82, 2.24) is 9.97 Å². The molecule has 2 aromatic rings. The van der Waals surface area contributed by atoms with E-state index in [1.54, 1.807) is 0 Å². The molecule has 0 atom stereocenters. The second-order valence-electron chi connectivity index (χ2n) is 11.8. The van der Waals surface area contributed by atoms with Crippen molar-refractivity contribution in [3.63, 3.8) is 0 Å². The Hall–Kier alpha value is -1.70. The minimum Gasteiger partial charge on any atom is -0.236 e. The Kier molecular flexibility index (Phi) is 18.1. The molecule has 0 aliphatic heterocycles. The Morgan fingerprint density at radius 1 is 0.514 bits per heavy atom. The van der Waals surface area contributed by atoms with E-state index in [1.165, 1.54) is 140 Å². The average Bonchev–Trinajstić information content (AvgIpc) is 2.91. The number of aromatic nitrogens is 2. The molecule has 0 N–H and O–H groups in total. The molecule has 1 heterocycles. The van der Waals surface area contributed by atoms with Crippen molar-refractivity contribution in [3.05, 3.63) is 47.8 Å². The molecule has 0 aliphatic rings. The summed E-state index contributed by atoms with van der Waals surface area (Å²) in [5, 5.41) is 0. The highest BCUT2D eigenvalue weighted by atomic mass is 14.9. The van der Waals surface area contributed by atoms with Gasteiger partial charge in [-0.1, -0.05) is 154 Å². The molecule has 0 unspecified atom stereocenters. The van der Waals surface area contributed by atoms with Crippen molar-refractivity contribution in [3.8, 4) is 11.4 Å². The van der Waals surface area contributed by atoms with E-state index in [9.17, 15) is 0 Å². The maximum absolute atomic E-state index is 4.66. The van der Waals surface area contributed by atoms with E-state index < -0.39 is 0 Å². The van der Waals surface area contributed by atoms with Crippen molar-refractivity contribution >= 4 is 0 Å². The first-order valence-electron chi connectivity index (χ1n) is 16.1. The molecular weight excluding hydrogens is 448 g/mol. The van der Waals surface area contributed by atoms with Crippen molar-refractivity contribution in [2.24, 2.45) is 5.92 Å². The summed E-state index contributed by atoms with van der Waals surface area (Å²) >= 11 is 0. The minimum atomic E-state index is 0.852. The summed E-state index contributed by atoms with van der Waals surface area (Å²) in [5.74, 6) is 1.70. The molecule has 1 aromatic heterocycles. The van der Waals surface area contributed by atoms with Gasteiger partial charge >= 0.3 is 0 Å². The lowest BCUT2D eigenvalue weighted by Gasteiger charge is -2.06. The van der Waals surface area contributed by atoms with E-state index in [2.05, 4.69) is 55.0 Å². The van der Waals surface area contributed by atoms with Crippen LogP contribution in [0.3, 0.4) is 0 Å². The Balaban J connectivity index is 1.52. The van der Waals surface area contributed by atoms with Gasteiger partial charge < -0.3 is 0 Å². The second-order valence-corrected chi connectivity index (χ2v) is 11.8. The summed E-state index contributed by atoms with van der Waals surface area (Å²) < 4.78 is 0. The van der Waals surface area contributed by atoms with Gasteiger partial charge in [-0.3, -0.25) is 0 Å². The number of unbranched alkanes of at least 4 members (excludes halogenated alkanes) is 16. The second kappa shape index (κ2) is 21.3. The maximum Gasteiger partial charge on any atom is 0.159 e. The number of aryl methyl sites for hydroxylation is 2. The SMILES string of the molecule is CCCCCCCCCCCCCCc1ccc(-c2ncc(CCCCCCCCC(C)C)cn2)cc1. The third-order valence-electron chi connectivity index (χ3n) is 7.73. The predicted molar refractivity (Wildman–Crippen MR) is 163 cm³/mol. The number of nitrogens with zero attached hydrogens (tertiary/aromatic N) is 2. The normalized spacial score (nSPS) is 11.5. The molecule has 0 fully saturated rings. The van der Waals surface area contributed by atoms with Gasteiger partial charge in [-0.05, 0) is 42.7 Å². The van der Waals surface area contributed by atoms with Gasteiger partial charge in [0.15, 0.2) is 5.82 Å². The molecule has 208 valence electrons. The molecule has 2 heteroatoms. The van der Waals surface area contributed by atoms with Gasteiger partial charge in [0.2, 0.25) is 0 Å². The Bertz CT molecular complexity index is 763. The summed E-state index contributed by atoms with van der Waals surface area (Å²) in [4.78, 5) is 9.32. The minimum absolute atomic E-state index is 0.852. The predicted octanol–water partition coefficient (Wildman–Crippen LogP) is 11.3. The highest BCUT2D eigenvalue weighted by Gasteiger charge is 2.03. The molecule has 0 bridgehead atoms. The molecule has 37 heavy (non-hydrogen) atoms. The van der Waals surface area contributed by atoms with Crippen LogP contribution in [0.25, 0.3) is 11.4 Å². The number of rotatable bonds is 23. The molecule has 0 aliphatic carbocycles. The largest absolute Gasteiger partial charge is 0.236 e. The van der Waals surface area contributed by atoms with E-state index in [1.807, 2.05) is 12.4 Å². The number of hydrogen-bond donors (Lipinski definition) is 0. The van der Waals surface area contributed by atoms with Gasteiger partial charge in [0.25, 0.3) is 0 Å². The molecule has 0 spiro atoms. The highest BCUT2D eigenvalue weighted by molar-refractivity contribution is 5.55. The lowest BCUT2D eigenvalue weighted by molar-refractivity contribution is 0.511. The Morgan fingerprint density at radius 2 is 0.946 bits per heavy atom. The van der Waals surface area contributed by atoms with Crippen LogP contribution in [0.2, 0.25) is 0 Å². The Morgan fingerprint density at radius 3 is 1.43 bits per heavy atom. The fourth-order valence-corrected chi connectivity index (χ4v) is 5.21. The maximum atomic E-state index is 4.66. The molecule has 2 nitrogen and oxygen atoms in total. The molecule has 2 rings (SSSR count). The number of benzene rings is 1. The molecular formula is C35H58N2. The molecule has 1 aromatic carbocycles. The third-order valence-corrected chi connectivity index (χ3v) is 7.73.